The van der Waals surface area contributed by atoms with Gasteiger partial charge in [0, 0.05) is 48.8 Å². The van der Waals surface area contributed by atoms with Gasteiger partial charge in [-0.3, -0.25) is 0 Å². The van der Waals surface area contributed by atoms with Crippen LogP contribution in [0, 0.1) is 17.2 Å². The number of rotatable bonds is 6. The van der Waals surface area contributed by atoms with Gasteiger partial charge in [-0.25, -0.2) is 9.97 Å². The van der Waals surface area contributed by atoms with E-state index >= 15 is 0 Å². The van der Waals surface area contributed by atoms with Crippen molar-refractivity contribution in [1.82, 2.24) is 14.9 Å². The van der Waals surface area contributed by atoms with Gasteiger partial charge < -0.3 is 15.5 Å². The fourth-order valence-electron chi connectivity index (χ4n) is 7.73. The van der Waals surface area contributed by atoms with Gasteiger partial charge >= 0.3 is 0 Å². The van der Waals surface area contributed by atoms with Crippen LogP contribution in [-0.2, 0) is 31.1 Å². The summed E-state index contributed by atoms with van der Waals surface area (Å²) in [5.74, 6) is 3.04. The number of benzene rings is 1. The summed E-state index contributed by atoms with van der Waals surface area (Å²) in [4.78, 5) is 15.0. The quantitative estimate of drug-likeness (QED) is 0.334. The SMILES string of the molecule is CC.CC.CC1CC2CCCN2C1.CCCc1ccc(N)c(C#N)c1C1(C)CCc2c(nc(CC)nc2N(C)C2CCC2)C1. The van der Waals surface area contributed by atoms with Gasteiger partial charge in [-0.2, -0.15) is 5.26 Å². The molecule has 2 aliphatic heterocycles. The van der Waals surface area contributed by atoms with Gasteiger partial charge in [0.25, 0.3) is 0 Å². The highest BCUT2D eigenvalue weighted by molar-refractivity contribution is 5.63. The lowest BCUT2D eigenvalue weighted by Crippen LogP contribution is -2.40. The number of hydrogen-bond acceptors (Lipinski definition) is 6. The van der Waals surface area contributed by atoms with Crippen molar-refractivity contribution < 1.29 is 0 Å². The Hall–Kier alpha value is -2.65. The summed E-state index contributed by atoms with van der Waals surface area (Å²) in [6, 6.07) is 8.04. The van der Waals surface area contributed by atoms with E-state index in [1.807, 2.05) is 33.8 Å². The molecule has 3 atom stereocenters. The van der Waals surface area contributed by atoms with E-state index < -0.39 is 0 Å². The van der Waals surface area contributed by atoms with Crippen molar-refractivity contribution in [3.05, 3.63) is 45.9 Å². The van der Waals surface area contributed by atoms with Crippen molar-refractivity contribution in [1.29, 1.82) is 5.26 Å². The van der Waals surface area contributed by atoms with Crippen LogP contribution < -0.4 is 10.6 Å². The van der Waals surface area contributed by atoms with E-state index in [0.29, 0.717) is 17.3 Å². The summed E-state index contributed by atoms with van der Waals surface area (Å²) >= 11 is 0. The molecule has 1 aromatic carbocycles. The smallest absolute Gasteiger partial charge is 0.135 e. The molecule has 0 spiro atoms. The third-order valence-electron chi connectivity index (χ3n) is 10.2. The summed E-state index contributed by atoms with van der Waals surface area (Å²) in [7, 11) is 2.20. The molecule has 1 aromatic heterocycles. The van der Waals surface area contributed by atoms with Crippen LogP contribution in [0.4, 0.5) is 11.5 Å². The van der Waals surface area contributed by atoms with Crippen LogP contribution in [-0.4, -0.2) is 47.1 Å². The van der Waals surface area contributed by atoms with Crippen LogP contribution in [0.3, 0.4) is 0 Å². The molecule has 0 amide bonds. The van der Waals surface area contributed by atoms with Crippen molar-refractivity contribution in [3.63, 3.8) is 0 Å². The number of aryl methyl sites for hydroxylation is 2. The number of anilines is 2. The Balaban J connectivity index is 0.000000339. The summed E-state index contributed by atoms with van der Waals surface area (Å²) in [6.07, 6.45) is 13.8. The molecular weight excluding hydrogens is 540 g/mol. The minimum Gasteiger partial charge on any atom is -0.398 e. The number of nitrogen functional groups attached to an aromatic ring is 1. The van der Waals surface area contributed by atoms with Crippen LogP contribution >= 0.6 is 0 Å². The van der Waals surface area contributed by atoms with Crippen molar-refractivity contribution >= 4 is 11.5 Å². The molecule has 3 fully saturated rings. The van der Waals surface area contributed by atoms with Crippen LogP contribution in [0.5, 0.6) is 0 Å². The van der Waals surface area contributed by atoms with E-state index in [9.17, 15) is 5.26 Å². The molecule has 2 N–H and O–H groups in total. The van der Waals surface area contributed by atoms with Gasteiger partial charge in [0.1, 0.15) is 17.7 Å². The van der Waals surface area contributed by atoms with Crippen LogP contribution in [0.15, 0.2) is 12.1 Å². The lowest BCUT2D eigenvalue weighted by atomic mass is 9.67. The third kappa shape index (κ3) is 7.76. The summed E-state index contributed by atoms with van der Waals surface area (Å²) in [5.41, 5.74) is 12.2. The molecule has 2 aliphatic carbocycles. The number of nitriles is 1. The molecule has 6 nitrogen and oxygen atoms in total. The maximum absolute atomic E-state index is 9.96. The van der Waals surface area contributed by atoms with E-state index in [4.69, 9.17) is 15.7 Å². The van der Waals surface area contributed by atoms with Crippen molar-refractivity contribution in [2.24, 2.45) is 5.92 Å². The van der Waals surface area contributed by atoms with Gasteiger partial charge in [0.05, 0.1) is 11.3 Å². The maximum Gasteiger partial charge on any atom is 0.135 e. The molecule has 0 radical (unpaired) electrons. The molecule has 4 aliphatic rings. The van der Waals surface area contributed by atoms with Crippen LogP contribution in [0.2, 0.25) is 0 Å². The second-order valence-electron chi connectivity index (χ2n) is 13.2. The third-order valence-corrected chi connectivity index (χ3v) is 10.2. The maximum atomic E-state index is 9.96. The topological polar surface area (TPSA) is 82.1 Å². The second-order valence-corrected chi connectivity index (χ2v) is 13.2. The molecule has 244 valence electrons. The lowest BCUT2D eigenvalue weighted by molar-refractivity contribution is 0.319. The van der Waals surface area contributed by atoms with Crippen LogP contribution in [0.1, 0.15) is 141 Å². The first-order chi connectivity index (χ1) is 21.3. The van der Waals surface area contributed by atoms with Crippen molar-refractivity contribution in [3.8, 4) is 6.07 Å². The molecule has 3 heterocycles. The van der Waals surface area contributed by atoms with Gasteiger partial charge in [0.15, 0.2) is 0 Å². The Kier molecular flexibility index (Phi) is 13.5. The zero-order valence-electron chi connectivity index (χ0n) is 29.6. The molecule has 2 saturated heterocycles. The fourth-order valence-corrected chi connectivity index (χ4v) is 7.73. The Labute approximate surface area is 269 Å². The highest BCUT2D eigenvalue weighted by Gasteiger charge is 2.39. The molecule has 6 rings (SSSR count). The Morgan fingerprint density at radius 3 is 2.41 bits per heavy atom. The molecule has 3 unspecified atom stereocenters. The monoisotopic (exact) mass is 603 g/mol. The number of hydrogen-bond donors (Lipinski definition) is 1. The van der Waals surface area contributed by atoms with E-state index in [1.165, 1.54) is 62.7 Å². The molecule has 6 heteroatoms. The number of nitrogens with zero attached hydrogens (tertiary/aromatic N) is 5. The van der Waals surface area contributed by atoms with Gasteiger partial charge in [0.2, 0.25) is 0 Å². The number of aromatic nitrogens is 2. The molecule has 0 bridgehead atoms. The van der Waals surface area contributed by atoms with Gasteiger partial charge in [-0.1, -0.05) is 67.9 Å². The lowest BCUT2D eigenvalue weighted by Gasteiger charge is -2.41. The molecular formula is C38H62N6. The highest BCUT2D eigenvalue weighted by atomic mass is 15.2. The molecule has 1 saturated carbocycles. The van der Waals surface area contributed by atoms with E-state index in [1.54, 1.807) is 0 Å². The normalized spacial score (nSPS) is 23.7. The Morgan fingerprint density at radius 2 is 1.82 bits per heavy atom. The van der Waals surface area contributed by atoms with Gasteiger partial charge in [-0.15, -0.1) is 0 Å². The number of fused-ring (bicyclic) bond motifs is 2. The predicted molar refractivity (Wildman–Crippen MR) is 187 cm³/mol. The minimum absolute atomic E-state index is 0.149. The summed E-state index contributed by atoms with van der Waals surface area (Å²) in [6.45, 7) is 19.8. The highest BCUT2D eigenvalue weighted by Crippen LogP contribution is 2.44. The zero-order chi connectivity index (χ0) is 32.4. The average molecular weight is 603 g/mol. The first-order valence-corrected chi connectivity index (χ1v) is 17.9. The molecule has 44 heavy (non-hydrogen) atoms. The molecule has 2 aromatic rings. The van der Waals surface area contributed by atoms with E-state index in [-0.39, 0.29) is 5.41 Å². The first-order valence-electron chi connectivity index (χ1n) is 17.9. The summed E-state index contributed by atoms with van der Waals surface area (Å²) < 4.78 is 0. The minimum atomic E-state index is -0.149. The Morgan fingerprint density at radius 1 is 1.09 bits per heavy atom. The van der Waals surface area contributed by atoms with E-state index in [0.717, 1.165) is 73.4 Å². The van der Waals surface area contributed by atoms with Crippen molar-refractivity contribution in [2.75, 3.05) is 30.8 Å². The second kappa shape index (κ2) is 16.6. The fraction of sp³-hybridized carbons (Fsp3) is 0.711. The standard InChI is InChI=1S/C26H35N5.C8H15N.2C2H6/c1-5-8-17-11-12-21(28)20(16-27)24(17)26(3)14-13-19-22(15-26)29-23(6-2)30-25(19)31(4)18-9-7-10-18;1-7-5-8-3-2-4-9(8)6-7;2*1-2/h11-12,18H,5-10,13-15,28H2,1-4H3;7-8H,2-6H2,1H3;2*1-2H3. The Bertz CT molecular complexity index is 1230. The average Bonchev–Trinajstić information content (AvgIpc) is 3.59. The first kappa shape index (κ1) is 35.8. The van der Waals surface area contributed by atoms with Gasteiger partial charge in [-0.05, 0) is 93.9 Å². The zero-order valence-corrected chi connectivity index (χ0v) is 29.6. The predicted octanol–water partition coefficient (Wildman–Crippen LogP) is 8.42. The summed E-state index contributed by atoms with van der Waals surface area (Å²) in [5, 5.41) is 9.96. The van der Waals surface area contributed by atoms with Crippen LogP contribution in [0.25, 0.3) is 0 Å². The number of nitrogens with two attached hydrogens (primary N) is 1. The van der Waals surface area contributed by atoms with E-state index in [2.05, 4.69) is 56.7 Å². The van der Waals surface area contributed by atoms with Crippen molar-refractivity contribution in [2.45, 2.75) is 150 Å². The largest absolute Gasteiger partial charge is 0.398 e.